The van der Waals surface area contributed by atoms with E-state index >= 15 is 0 Å². The van der Waals surface area contributed by atoms with Crippen LogP contribution in [0.1, 0.15) is 47.2 Å². The lowest BCUT2D eigenvalue weighted by Gasteiger charge is -2.34. The minimum absolute atomic E-state index is 0.106. The van der Waals surface area contributed by atoms with Gasteiger partial charge in [0, 0.05) is 55.1 Å². The molecule has 2 aliphatic carbocycles. The maximum absolute atomic E-state index is 6.47. The second-order valence-electron chi connectivity index (χ2n) is 28.4. The van der Waals surface area contributed by atoms with Gasteiger partial charge in [-0.15, -0.1) is 0 Å². The number of benzene rings is 15. The highest BCUT2D eigenvalue weighted by Crippen LogP contribution is 2.59. The van der Waals surface area contributed by atoms with Crippen LogP contribution in [0.15, 0.2) is 368 Å². The predicted octanol–water partition coefficient (Wildman–Crippen LogP) is 25.0. The van der Waals surface area contributed by atoms with Crippen LogP contribution in [0.5, 0.6) is 0 Å². The SMILES string of the molecule is CC1(C)c2ccccc2-c2c(-c3ccc(-c4nc(-c5cccc(-c6ccccc6)c5)nc(-c5cccc(-c6cccc(C7(c8ccccc8)c8ccccc8-c8c(-c9cccc(-c%10nc(-c%11ccccc%11)nc(-c%11ccc(-c%12cccc%13c%12oc%12ccccc%12%13)cc%11)n%10)c9)cccc87)c6)c5)n4)cc3)cccc21. The molecule has 0 fully saturated rings. The van der Waals surface area contributed by atoms with Crippen molar-refractivity contribution in [1.82, 2.24) is 29.9 Å². The Morgan fingerprint density at radius 1 is 0.215 bits per heavy atom. The third kappa shape index (κ3) is 10.6. The summed E-state index contributed by atoms with van der Waals surface area (Å²) in [5.74, 6) is 3.53. The van der Waals surface area contributed by atoms with Crippen LogP contribution in [0.3, 0.4) is 0 Å². The van der Waals surface area contributed by atoms with Gasteiger partial charge in [-0.05, 0) is 136 Å². The summed E-state index contributed by atoms with van der Waals surface area (Å²) in [4.78, 5) is 31.8. The van der Waals surface area contributed by atoms with E-state index in [1.54, 1.807) is 0 Å². The van der Waals surface area contributed by atoms with Crippen molar-refractivity contribution in [2.45, 2.75) is 24.7 Å². The molecule has 0 aliphatic heterocycles. The van der Waals surface area contributed by atoms with E-state index < -0.39 is 5.41 Å². The lowest BCUT2D eigenvalue weighted by atomic mass is 9.67. The average Bonchev–Trinajstić information content (AvgIpc) is 1.54. The first-order valence-electron chi connectivity index (χ1n) is 36.5. The van der Waals surface area contributed by atoms with Gasteiger partial charge < -0.3 is 4.42 Å². The molecule has 0 saturated heterocycles. The molecule has 0 saturated carbocycles. The van der Waals surface area contributed by atoms with Gasteiger partial charge in [0.05, 0.1) is 5.41 Å². The van der Waals surface area contributed by atoms with Crippen molar-refractivity contribution in [3.63, 3.8) is 0 Å². The van der Waals surface area contributed by atoms with Gasteiger partial charge in [-0.2, -0.15) is 0 Å². The molecule has 502 valence electrons. The lowest BCUT2D eigenvalue weighted by Crippen LogP contribution is -2.28. The Labute approximate surface area is 620 Å². The van der Waals surface area contributed by atoms with Crippen molar-refractivity contribution in [3.05, 3.63) is 397 Å². The Bertz CT molecular complexity index is 6520. The third-order valence-corrected chi connectivity index (χ3v) is 21.9. The van der Waals surface area contributed by atoms with Gasteiger partial charge in [-0.25, -0.2) is 29.9 Å². The number of hydrogen-bond donors (Lipinski definition) is 0. The Balaban J connectivity index is 0.676. The van der Waals surface area contributed by atoms with Gasteiger partial charge >= 0.3 is 0 Å². The summed E-state index contributed by atoms with van der Waals surface area (Å²) in [7, 11) is 0. The Hall–Kier alpha value is -13.9. The molecule has 0 N–H and O–H groups in total. The topological polar surface area (TPSA) is 90.5 Å². The molecule has 18 aromatic rings. The molecular weight excluding hydrogens is 1300 g/mol. The maximum atomic E-state index is 6.47. The average molecular weight is 1370 g/mol. The smallest absolute Gasteiger partial charge is 0.164 e. The van der Waals surface area contributed by atoms with Gasteiger partial charge in [-0.3, -0.25) is 0 Å². The van der Waals surface area contributed by atoms with E-state index in [1.165, 1.54) is 55.6 Å². The van der Waals surface area contributed by atoms with Gasteiger partial charge in [0.25, 0.3) is 0 Å². The van der Waals surface area contributed by atoms with E-state index in [9.17, 15) is 0 Å². The molecule has 0 bridgehead atoms. The molecule has 0 amide bonds. The van der Waals surface area contributed by atoms with Crippen LogP contribution in [0.4, 0.5) is 0 Å². The summed E-state index contributed by atoms with van der Waals surface area (Å²) in [6.07, 6.45) is 0. The van der Waals surface area contributed by atoms with Crippen molar-refractivity contribution >= 4 is 21.9 Å². The molecule has 3 aromatic heterocycles. The molecular formula is C100H66N6O. The highest BCUT2D eigenvalue weighted by molar-refractivity contribution is 6.09. The number of para-hydroxylation sites is 2. The zero-order chi connectivity index (χ0) is 71.2. The third-order valence-electron chi connectivity index (χ3n) is 21.9. The van der Waals surface area contributed by atoms with Crippen LogP contribution in [0.25, 0.3) is 168 Å². The van der Waals surface area contributed by atoms with Crippen molar-refractivity contribution in [2.75, 3.05) is 0 Å². The van der Waals surface area contributed by atoms with Gasteiger partial charge in [-0.1, -0.05) is 347 Å². The van der Waals surface area contributed by atoms with Gasteiger partial charge in [0.1, 0.15) is 11.2 Å². The van der Waals surface area contributed by atoms with Crippen molar-refractivity contribution in [1.29, 1.82) is 0 Å². The first-order chi connectivity index (χ1) is 52.8. The molecule has 7 nitrogen and oxygen atoms in total. The first kappa shape index (κ1) is 62.9. The summed E-state index contributed by atoms with van der Waals surface area (Å²) >= 11 is 0. The largest absolute Gasteiger partial charge is 0.455 e. The number of nitrogens with zero attached hydrogens (tertiary/aromatic N) is 6. The number of aromatic nitrogens is 6. The number of hydrogen-bond acceptors (Lipinski definition) is 7. The number of rotatable bonds is 13. The minimum Gasteiger partial charge on any atom is -0.455 e. The predicted molar refractivity (Wildman–Crippen MR) is 435 cm³/mol. The van der Waals surface area contributed by atoms with Gasteiger partial charge in [0.2, 0.25) is 0 Å². The fourth-order valence-corrected chi connectivity index (χ4v) is 16.8. The van der Waals surface area contributed by atoms with Crippen molar-refractivity contribution in [2.24, 2.45) is 0 Å². The normalized spacial score (nSPS) is 13.8. The highest BCUT2D eigenvalue weighted by atomic mass is 16.3. The van der Waals surface area contributed by atoms with E-state index in [2.05, 4.69) is 341 Å². The summed E-state index contributed by atoms with van der Waals surface area (Å²) in [6.45, 7) is 4.67. The van der Waals surface area contributed by atoms with Crippen molar-refractivity contribution < 1.29 is 4.42 Å². The Kier molecular flexibility index (Phi) is 15.0. The molecule has 2 aliphatic rings. The Morgan fingerprint density at radius 3 is 1.18 bits per heavy atom. The molecule has 20 rings (SSSR count). The lowest BCUT2D eigenvalue weighted by molar-refractivity contribution is 0.660. The molecule has 0 radical (unpaired) electrons. The molecule has 1 atom stereocenters. The van der Waals surface area contributed by atoms with Crippen molar-refractivity contribution in [3.8, 4) is 146 Å². The van der Waals surface area contributed by atoms with E-state index in [0.29, 0.717) is 34.9 Å². The molecule has 15 aromatic carbocycles. The molecule has 1 unspecified atom stereocenters. The number of furan rings is 1. The van der Waals surface area contributed by atoms with Crippen LogP contribution in [0.2, 0.25) is 0 Å². The second kappa shape index (κ2) is 25.5. The zero-order valence-electron chi connectivity index (χ0n) is 58.7. The van der Waals surface area contributed by atoms with E-state index in [1.807, 2.05) is 36.4 Å². The van der Waals surface area contributed by atoms with E-state index in [4.69, 9.17) is 34.3 Å². The van der Waals surface area contributed by atoms with Gasteiger partial charge in [0.15, 0.2) is 34.9 Å². The highest BCUT2D eigenvalue weighted by Gasteiger charge is 2.47. The summed E-state index contributed by atoms with van der Waals surface area (Å²) in [5, 5.41) is 2.19. The van der Waals surface area contributed by atoms with E-state index in [0.717, 1.165) is 111 Å². The maximum Gasteiger partial charge on any atom is 0.164 e. The molecule has 3 heterocycles. The molecule has 0 spiro atoms. The quantitative estimate of drug-likeness (QED) is 0.114. The van der Waals surface area contributed by atoms with E-state index in [-0.39, 0.29) is 5.41 Å². The molecule has 7 heteroatoms. The van der Waals surface area contributed by atoms with Crippen LogP contribution in [-0.4, -0.2) is 29.9 Å². The first-order valence-corrected chi connectivity index (χ1v) is 36.5. The fraction of sp³-hybridized carbons (Fsp3) is 0.0400. The van der Waals surface area contributed by atoms with Crippen LogP contribution >= 0.6 is 0 Å². The Morgan fingerprint density at radius 2 is 0.561 bits per heavy atom. The molecule has 107 heavy (non-hydrogen) atoms. The van der Waals surface area contributed by atoms with Crippen LogP contribution in [-0.2, 0) is 10.8 Å². The van der Waals surface area contributed by atoms with Crippen LogP contribution < -0.4 is 0 Å². The monoisotopic (exact) mass is 1370 g/mol. The summed E-state index contributed by atoms with van der Waals surface area (Å²) in [5.41, 5.74) is 29.5. The fourth-order valence-electron chi connectivity index (χ4n) is 16.8. The van der Waals surface area contributed by atoms with Crippen LogP contribution in [0, 0.1) is 0 Å². The standard InChI is InChI=1S/C100H66N6O/c1-99(2)85-46-15-12-40-83(85)90-78(42-23-48-87(90)99)64-51-55-67(56-52-64)95-104-96(73-33-18-29-69(59-73)63-25-6-3-7-26-63)106-97(105-95)74-34-19-30-70(60-74)71-31-21-38-77(62-71)100(76-36-10-5-11-37-76)86-47-16-13-41-84(86)91-79(43-24-49-88(91)100)72-32-20-35-75(61-72)98-102-93(66-27-8-4-9-28-66)101-94(103-98)68-57-53-65(54-58-68)80-44-22-45-82-81-39-14-17-50-89(81)107-92(80)82/h3-62H,1-2H3. The summed E-state index contributed by atoms with van der Waals surface area (Å²) in [6, 6.07) is 130. The minimum atomic E-state index is -0.722. The second-order valence-corrected chi connectivity index (χ2v) is 28.4. The number of fused-ring (bicyclic) bond motifs is 9. The summed E-state index contributed by atoms with van der Waals surface area (Å²) < 4.78 is 6.47. The zero-order valence-corrected chi connectivity index (χ0v) is 58.7.